The second-order valence-electron chi connectivity index (χ2n) is 4.30. The van der Waals surface area contributed by atoms with Crippen LogP contribution in [0.4, 0.5) is 8.78 Å². The zero-order valence-corrected chi connectivity index (χ0v) is 10.6. The number of carbonyl (C=O) groups excluding carboxylic acids is 1. The van der Waals surface area contributed by atoms with Gasteiger partial charge < -0.3 is 10.4 Å². The molecule has 0 saturated heterocycles. The van der Waals surface area contributed by atoms with E-state index in [4.69, 9.17) is 0 Å². The Labute approximate surface area is 114 Å². The molecule has 2 N–H and O–H groups in total. The van der Waals surface area contributed by atoms with Gasteiger partial charge >= 0.3 is 0 Å². The topological polar surface area (TPSA) is 49.3 Å². The molecule has 5 heteroatoms. The maximum absolute atomic E-state index is 13.4. The van der Waals surface area contributed by atoms with Crippen LogP contribution in [0.25, 0.3) is 0 Å². The molecule has 0 aliphatic heterocycles. The van der Waals surface area contributed by atoms with Gasteiger partial charge in [-0.25, -0.2) is 8.78 Å². The molecule has 2 aromatic rings. The van der Waals surface area contributed by atoms with Crippen LogP contribution in [0.1, 0.15) is 11.1 Å². The standard InChI is InChI=1S/C15H13F2NO2/c16-12-6-3-5-10(15(12)17)8-14(20)18-9-11-4-1-2-7-13(11)19/h1-7,19H,8-9H2,(H,18,20). The van der Waals surface area contributed by atoms with Crippen LogP contribution in [0.5, 0.6) is 5.75 Å². The van der Waals surface area contributed by atoms with Crippen LogP contribution in [0.2, 0.25) is 0 Å². The molecule has 0 heterocycles. The third kappa shape index (κ3) is 3.32. The maximum atomic E-state index is 13.4. The highest BCUT2D eigenvalue weighted by Gasteiger charge is 2.11. The molecule has 2 aromatic carbocycles. The highest BCUT2D eigenvalue weighted by Crippen LogP contribution is 2.15. The molecule has 1 amide bonds. The van der Waals surface area contributed by atoms with Crippen molar-refractivity contribution in [3.8, 4) is 5.75 Å². The predicted molar refractivity (Wildman–Crippen MR) is 70.0 cm³/mol. The Bertz CT molecular complexity index is 629. The largest absolute Gasteiger partial charge is 0.508 e. The minimum atomic E-state index is -1.01. The smallest absolute Gasteiger partial charge is 0.224 e. The highest BCUT2D eigenvalue weighted by molar-refractivity contribution is 5.78. The molecule has 0 fully saturated rings. The number of hydrogen-bond acceptors (Lipinski definition) is 2. The number of nitrogens with one attached hydrogen (secondary N) is 1. The third-order valence-corrected chi connectivity index (χ3v) is 2.85. The first-order valence-corrected chi connectivity index (χ1v) is 6.04. The summed E-state index contributed by atoms with van der Waals surface area (Å²) in [5, 5.41) is 12.1. The summed E-state index contributed by atoms with van der Waals surface area (Å²) >= 11 is 0. The van der Waals surface area contributed by atoms with Crippen LogP contribution in [-0.2, 0) is 17.8 Å². The van der Waals surface area contributed by atoms with Gasteiger partial charge in [-0.2, -0.15) is 0 Å². The number of phenols is 1. The van der Waals surface area contributed by atoms with Gasteiger partial charge in [0.2, 0.25) is 5.91 Å². The van der Waals surface area contributed by atoms with Gasteiger partial charge in [0, 0.05) is 17.7 Å². The molecule has 0 unspecified atom stereocenters. The van der Waals surface area contributed by atoms with E-state index in [0.29, 0.717) is 5.56 Å². The van der Waals surface area contributed by atoms with Crippen molar-refractivity contribution in [2.45, 2.75) is 13.0 Å². The van der Waals surface area contributed by atoms with E-state index in [1.807, 2.05) is 0 Å². The Morgan fingerprint density at radius 2 is 1.75 bits per heavy atom. The fraction of sp³-hybridized carbons (Fsp3) is 0.133. The molecule has 3 nitrogen and oxygen atoms in total. The van der Waals surface area contributed by atoms with Crippen LogP contribution >= 0.6 is 0 Å². The zero-order chi connectivity index (χ0) is 14.5. The van der Waals surface area contributed by atoms with Crippen molar-refractivity contribution in [3.63, 3.8) is 0 Å². The minimum Gasteiger partial charge on any atom is -0.508 e. The number of phenolic OH excluding ortho intramolecular Hbond substituents is 1. The molecular formula is C15H13F2NO2. The van der Waals surface area contributed by atoms with Gasteiger partial charge in [-0.1, -0.05) is 30.3 Å². The number of benzene rings is 2. The summed E-state index contributed by atoms with van der Waals surface area (Å²) in [5.74, 6) is -2.36. The Morgan fingerprint density at radius 1 is 1.05 bits per heavy atom. The van der Waals surface area contributed by atoms with Crippen molar-refractivity contribution in [1.82, 2.24) is 5.32 Å². The monoisotopic (exact) mass is 277 g/mol. The molecular weight excluding hydrogens is 264 g/mol. The number of carbonyl (C=O) groups is 1. The molecule has 0 aromatic heterocycles. The SMILES string of the molecule is O=C(Cc1cccc(F)c1F)NCc1ccccc1O. The molecule has 0 bridgehead atoms. The number of para-hydroxylation sites is 1. The Balaban J connectivity index is 1.96. The summed E-state index contributed by atoms with van der Waals surface area (Å²) in [5.41, 5.74) is 0.556. The summed E-state index contributed by atoms with van der Waals surface area (Å²) in [4.78, 5) is 11.7. The summed E-state index contributed by atoms with van der Waals surface area (Å²) in [6, 6.07) is 10.3. The molecule has 0 radical (unpaired) electrons. The summed E-state index contributed by atoms with van der Waals surface area (Å²) in [6.45, 7) is 0.127. The zero-order valence-electron chi connectivity index (χ0n) is 10.6. The number of halogens is 2. The van der Waals surface area contributed by atoms with Crippen molar-refractivity contribution in [3.05, 3.63) is 65.2 Å². The van der Waals surface area contributed by atoms with Gasteiger partial charge in [0.15, 0.2) is 11.6 Å². The fourth-order valence-electron chi connectivity index (χ4n) is 1.77. The molecule has 0 saturated carbocycles. The lowest BCUT2D eigenvalue weighted by Gasteiger charge is -2.07. The van der Waals surface area contributed by atoms with Gasteiger partial charge in [0.1, 0.15) is 5.75 Å². The van der Waals surface area contributed by atoms with E-state index in [2.05, 4.69) is 5.32 Å². The van der Waals surface area contributed by atoms with E-state index < -0.39 is 17.5 Å². The lowest BCUT2D eigenvalue weighted by atomic mass is 10.1. The van der Waals surface area contributed by atoms with Crippen LogP contribution in [-0.4, -0.2) is 11.0 Å². The lowest BCUT2D eigenvalue weighted by molar-refractivity contribution is -0.120. The minimum absolute atomic E-state index is 0.000200. The summed E-state index contributed by atoms with van der Waals surface area (Å²) in [6.07, 6.45) is -0.253. The fourth-order valence-corrected chi connectivity index (χ4v) is 1.77. The van der Waals surface area contributed by atoms with Crippen LogP contribution < -0.4 is 5.32 Å². The van der Waals surface area contributed by atoms with Gasteiger partial charge in [-0.3, -0.25) is 4.79 Å². The van der Waals surface area contributed by atoms with Crippen molar-refractivity contribution in [2.75, 3.05) is 0 Å². The maximum Gasteiger partial charge on any atom is 0.224 e. The van der Waals surface area contributed by atoms with E-state index in [-0.39, 0.29) is 24.3 Å². The van der Waals surface area contributed by atoms with Gasteiger partial charge in [0.25, 0.3) is 0 Å². The number of amides is 1. The first kappa shape index (κ1) is 14.0. The average molecular weight is 277 g/mol. The number of hydrogen-bond donors (Lipinski definition) is 2. The Kier molecular flexibility index (Phi) is 4.30. The van der Waals surface area contributed by atoms with Gasteiger partial charge in [0.05, 0.1) is 6.42 Å². The first-order chi connectivity index (χ1) is 9.58. The summed E-state index contributed by atoms with van der Waals surface area (Å²) < 4.78 is 26.4. The first-order valence-electron chi connectivity index (χ1n) is 6.04. The lowest BCUT2D eigenvalue weighted by Crippen LogP contribution is -2.25. The summed E-state index contributed by atoms with van der Waals surface area (Å²) in [7, 11) is 0. The van der Waals surface area contributed by atoms with Crippen LogP contribution in [0, 0.1) is 11.6 Å². The van der Waals surface area contributed by atoms with Crippen molar-refractivity contribution >= 4 is 5.91 Å². The molecule has 0 aliphatic carbocycles. The number of aromatic hydroxyl groups is 1. The second kappa shape index (κ2) is 6.14. The van der Waals surface area contributed by atoms with Gasteiger partial charge in [-0.05, 0) is 12.1 Å². The second-order valence-corrected chi connectivity index (χ2v) is 4.30. The number of rotatable bonds is 4. The van der Waals surface area contributed by atoms with Crippen LogP contribution in [0.3, 0.4) is 0 Å². The highest BCUT2D eigenvalue weighted by atomic mass is 19.2. The quantitative estimate of drug-likeness (QED) is 0.902. The molecule has 0 spiro atoms. The molecule has 2 rings (SSSR count). The molecule has 104 valence electrons. The molecule has 0 atom stereocenters. The van der Waals surface area contributed by atoms with Gasteiger partial charge in [-0.15, -0.1) is 0 Å². The van der Waals surface area contributed by atoms with E-state index in [1.54, 1.807) is 18.2 Å². The van der Waals surface area contributed by atoms with Crippen LogP contribution in [0.15, 0.2) is 42.5 Å². The van der Waals surface area contributed by atoms with E-state index >= 15 is 0 Å². The molecule has 0 aliphatic rings. The van der Waals surface area contributed by atoms with Crippen molar-refractivity contribution < 1.29 is 18.7 Å². The average Bonchev–Trinajstić information content (AvgIpc) is 2.43. The van der Waals surface area contributed by atoms with Crippen molar-refractivity contribution in [1.29, 1.82) is 0 Å². The van der Waals surface area contributed by atoms with E-state index in [0.717, 1.165) is 6.07 Å². The Morgan fingerprint density at radius 3 is 2.50 bits per heavy atom. The third-order valence-electron chi connectivity index (χ3n) is 2.85. The van der Waals surface area contributed by atoms with E-state index in [9.17, 15) is 18.7 Å². The predicted octanol–water partition coefficient (Wildman–Crippen LogP) is 2.53. The normalized spacial score (nSPS) is 10.3. The van der Waals surface area contributed by atoms with E-state index in [1.165, 1.54) is 18.2 Å². The van der Waals surface area contributed by atoms with Crippen molar-refractivity contribution in [2.24, 2.45) is 0 Å². The molecule has 20 heavy (non-hydrogen) atoms. The Hall–Kier alpha value is -2.43.